The molecule has 1 heterocycles. The molecule has 1 aliphatic rings. The lowest BCUT2D eigenvalue weighted by Gasteiger charge is -2.37. The number of carbonyl (C=O) groups is 1. The first-order valence-electron chi connectivity index (χ1n) is 5.17. The molecule has 0 aromatic heterocycles. The van der Waals surface area contributed by atoms with Crippen molar-refractivity contribution in [1.29, 1.82) is 0 Å². The highest BCUT2D eigenvalue weighted by Gasteiger charge is 2.39. The third-order valence-corrected chi connectivity index (χ3v) is 3.25. The molecule has 0 atom stereocenters. The molecular formula is C10H20N2O2. The predicted octanol–water partition coefficient (Wildman–Crippen LogP) is 0.393. The molecule has 0 aromatic carbocycles. The van der Waals surface area contributed by atoms with Crippen LogP contribution in [0, 0.1) is 5.41 Å². The van der Waals surface area contributed by atoms with Gasteiger partial charge in [0.15, 0.2) is 0 Å². The molecule has 0 bridgehead atoms. The number of carboxylic acid groups (broad SMARTS) is 1. The van der Waals surface area contributed by atoms with Crippen LogP contribution in [0.2, 0.25) is 0 Å². The van der Waals surface area contributed by atoms with Crippen molar-refractivity contribution in [2.75, 3.05) is 33.7 Å². The summed E-state index contributed by atoms with van der Waals surface area (Å²) in [7, 11) is 3.91. The van der Waals surface area contributed by atoms with Crippen LogP contribution in [0.15, 0.2) is 0 Å². The summed E-state index contributed by atoms with van der Waals surface area (Å²) in [4.78, 5) is 13.4. The van der Waals surface area contributed by atoms with Crippen LogP contribution in [0.3, 0.4) is 0 Å². The molecule has 0 amide bonds. The summed E-state index contributed by atoms with van der Waals surface area (Å²) in [5.41, 5.74) is -0.477. The van der Waals surface area contributed by atoms with E-state index in [1.54, 1.807) is 0 Å². The number of nitrogens with zero attached hydrogens (tertiary/aromatic N) is 1. The molecule has 0 aliphatic carbocycles. The zero-order chi connectivity index (χ0) is 10.6. The number of piperidine rings is 1. The van der Waals surface area contributed by atoms with Crippen molar-refractivity contribution in [3.05, 3.63) is 0 Å². The molecule has 1 fully saturated rings. The van der Waals surface area contributed by atoms with Crippen LogP contribution in [-0.2, 0) is 4.79 Å². The summed E-state index contributed by atoms with van der Waals surface area (Å²) >= 11 is 0. The van der Waals surface area contributed by atoms with E-state index >= 15 is 0 Å². The summed E-state index contributed by atoms with van der Waals surface area (Å²) in [6.07, 6.45) is 2.30. The van der Waals surface area contributed by atoms with E-state index in [1.165, 1.54) is 0 Å². The molecule has 0 radical (unpaired) electrons. The fraction of sp³-hybridized carbons (Fsp3) is 0.900. The fourth-order valence-corrected chi connectivity index (χ4v) is 1.98. The van der Waals surface area contributed by atoms with Crippen molar-refractivity contribution in [2.45, 2.75) is 19.3 Å². The van der Waals surface area contributed by atoms with Gasteiger partial charge in [-0.25, -0.2) is 0 Å². The maximum absolute atomic E-state index is 11.2. The second-order valence-electron chi connectivity index (χ2n) is 4.24. The van der Waals surface area contributed by atoms with Gasteiger partial charge < -0.3 is 15.3 Å². The van der Waals surface area contributed by atoms with Crippen LogP contribution >= 0.6 is 0 Å². The molecule has 0 unspecified atom stereocenters. The number of rotatable bonds is 4. The van der Waals surface area contributed by atoms with E-state index in [0.717, 1.165) is 38.9 Å². The van der Waals surface area contributed by atoms with E-state index in [4.69, 9.17) is 0 Å². The van der Waals surface area contributed by atoms with Gasteiger partial charge in [-0.15, -0.1) is 0 Å². The molecule has 1 saturated heterocycles. The number of carboxylic acids is 1. The van der Waals surface area contributed by atoms with Crippen LogP contribution in [0.1, 0.15) is 19.3 Å². The predicted molar refractivity (Wildman–Crippen MR) is 55.3 cm³/mol. The molecular weight excluding hydrogens is 180 g/mol. The minimum absolute atomic E-state index is 0.477. The van der Waals surface area contributed by atoms with Crippen LogP contribution in [0.25, 0.3) is 0 Å². The number of likely N-dealkylation sites (tertiary alicyclic amines) is 1. The van der Waals surface area contributed by atoms with E-state index in [0.29, 0.717) is 0 Å². The lowest BCUT2D eigenvalue weighted by Crippen LogP contribution is -2.44. The lowest BCUT2D eigenvalue weighted by atomic mass is 9.76. The van der Waals surface area contributed by atoms with Crippen molar-refractivity contribution in [2.24, 2.45) is 5.41 Å². The van der Waals surface area contributed by atoms with Gasteiger partial charge in [-0.1, -0.05) is 0 Å². The Morgan fingerprint density at radius 1 is 1.50 bits per heavy atom. The van der Waals surface area contributed by atoms with Gasteiger partial charge in [-0.2, -0.15) is 0 Å². The Morgan fingerprint density at radius 3 is 2.50 bits per heavy atom. The average Bonchev–Trinajstić information content (AvgIpc) is 2.17. The summed E-state index contributed by atoms with van der Waals surface area (Å²) in [5.74, 6) is -0.624. The first-order valence-corrected chi connectivity index (χ1v) is 5.17. The van der Waals surface area contributed by atoms with Crippen molar-refractivity contribution in [1.82, 2.24) is 10.2 Å². The number of nitrogens with one attached hydrogen (secondary N) is 1. The number of hydrogen-bond acceptors (Lipinski definition) is 3. The summed E-state index contributed by atoms with van der Waals surface area (Å²) in [6.45, 7) is 2.59. The number of aliphatic carboxylic acids is 1. The molecule has 2 N–H and O–H groups in total. The molecule has 0 spiro atoms. The minimum Gasteiger partial charge on any atom is -0.481 e. The third kappa shape index (κ3) is 2.45. The molecule has 82 valence electrons. The second-order valence-corrected chi connectivity index (χ2v) is 4.24. The lowest BCUT2D eigenvalue weighted by molar-refractivity contribution is -0.152. The van der Waals surface area contributed by atoms with Crippen molar-refractivity contribution < 1.29 is 9.90 Å². The Labute approximate surface area is 85.3 Å². The van der Waals surface area contributed by atoms with Gasteiger partial charge in [0.2, 0.25) is 0 Å². The highest BCUT2D eigenvalue weighted by Crippen LogP contribution is 2.34. The summed E-state index contributed by atoms with van der Waals surface area (Å²) < 4.78 is 0. The maximum atomic E-state index is 11.2. The Kier molecular flexibility index (Phi) is 3.89. The van der Waals surface area contributed by atoms with Gasteiger partial charge in [0.1, 0.15) is 0 Å². The largest absolute Gasteiger partial charge is 0.481 e. The van der Waals surface area contributed by atoms with E-state index in [2.05, 4.69) is 10.2 Å². The van der Waals surface area contributed by atoms with Gasteiger partial charge in [-0.05, 0) is 53.0 Å². The topological polar surface area (TPSA) is 52.6 Å². The van der Waals surface area contributed by atoms with Crippen molar-refractivity contribution in [3.8, 4) is 0 Å². The van der Waals surface area contributed by atoms with Gasteiger partial charge >= 0.3 is 5.97 Å². The molecule has 0 saturated carbocycles. The Balaban J connectivity index is 2.58. The smallest absolute Gasteiger partial charge is 0.309 e. The van der Waals surface area contributed by atoms with Crippen molar-refractivity contribution in [3.63, 3.8) is 0 Å². The number of hydrogen-bond donors (Lipinski definition) is 2. The van der Waals surface area contributed by atoms with Gasteiger partial charge in [0, 0.05) is 0 Å². The minimum atomic E-state index is -0.624. The Hall–Kier alpha value is -0.610. The Bertz CT molecular complexity index is 193. The van der Waals surface area contributed by atoms with Crippen LogP contribution in [0.4, 0.5) is 0 Å². The first kappa shape index (κ1) is 11.5. The van der Waals surface area contributed by atoms with Crippen LogP contribution < -0.4 is 5.32 Å². The monoisotopic (exact) mass is 200 g/mol. The van der Waals surface area contributed by atoms with E-state index < -0.39 is 11.4 Å². The highest BCUT2D eigenvalue weighted by molar-refractivity contribution is 5.74. The van der Waals surface area contributed by atoms with Crippen molar-refractivity contribution >= 4 is 5.97 Å². The van der Waals surface area contributed by atoms with E-state index in [1.807, 2.05) is 14.1 Å². The molecule has 1 rings (SSSR count). The van der Waals surface area contributed by atoms with Gasteiger partial charge in [0.25, 0.3) is 0 Å². The molecule has 14 heavy (non-hydrogen) atoms. The summed E-state index contributed by atoms with van der Waals surface area (Å²) in [5, 5.41) is 12.3. The standard InChI is InChI=1S/C10H20N2O2/c1-11-6-3-10(9(13)14)4-7-12(2)8-5-10/h11H,3-8H2,1-2H3,(H,13,14). The second kappa shape index (κ2) is 4.75. The van der Waals surface area contributed by atoms with Crippen LogP contribution in [0.5, 0.6) is 0 Å². The van der Waals surface area contributed by atoms with Gasteiger partial charge in [-0.3, -0.25) is 4.79 Å². The average molecular weight is 200 g/mol. The quantitative estimate of drug-likeness (QED) is 0.689. The summed E-state index contributed by atoms with van der Waals surface area (Å²) in [6, 6.07) is 0. The highest BCUT2D eigenvalue weighted by atomic mass is 16.4. The zero-order valence-corrected chi connectivity index (χ0v) is 9.05. The maximum Gasteiger partial charge on any atom is 0.309 e. The van der Waals surface area contributed by atoms with Gasteiger partial charge in [0.05, 0.1) is 5.41 Å². The Morgan fingerprint density at radius 2 is 2.07 bits per heavy atom. The van der Waals surface area contributed by atoms with E-state index in [-0.39, 0.29) is 0 Å². The zero-order valence-electron chi connectivity index (χ0n) is 9.05. The van der Waals surface area contributed by atoms with Crippen LogP contribution in [-0.4, -0.2) is 49.7 Å². The van der Waals surface area contributed by atoms with E-state index in [9.17, 15) is 9.90 Å². The fourth-order valence-electron chi connectivity index (χ4n) is 1.98. The molecule has 4 heteroatoms. The third-order valence-electron chi connectivity index (χ3n) is 3.25. The first-order chi connectivity index (χ1) is 6.60. The normalized spacial score (nSPS) is 22.1. The SMILES string of the molecule is CNCCC1(C(=O)O)CCN(C)CC1. The molecule has 4 nitrogen and oxygen atoms in total. The molecule has 1 aliphatic heterocycles. The molecule has 0 aromatic rings.